The molecule has 0 aliphatic carbocycles. The summed E-state index contributed by atoms with van der Waals surface area (Å²) in [5, 5.41) is 11.8. The van der Waals surface area contributed by atoms with E-state index in [4.69, 9.17) is 5.11 Å². The van der Waals surface area contributed by atoms with E-state index in [2.05, 4.69) is 5.32 Å². The third-order valence-electron chi connectivity index (χ3n) is 3.30. The highest BCUT2D eigenvalue weighted by molar-refractivity contribution is 6.03. The maximum Gasteiger partial charge on any atom is 0.330 e. The lowest BCUT2D eigenvalue weighted by atomic mass is 10.2. The highest BCUT2D eigenvalue weighted by Gasteiger charge is 2.27. The molecule has 0 saturated carbocycles. The van der Waals surface area contributed by atoms with Crippen LogP contribution in [0.2, 0.25) is 0 Å². The number of anilines is 1. The molecule has 1 aliphatic rings. The molecule has 1 aromatic heterocycles. The van der Waals surface area contributed by atoms with E-state index >= 15 is 0 Å². The molecule has 98 valence electrons. The van der Waals surface area contributed by atoms with Gasteiger partial charge in [-0.25, -0.2) is 9.59 Å². The third kappa shape index (κ3) is 1.48. The first-order valence-corrected chi connectivity index (χ1v) is 5.77. The van der Waals surface area contributed by atoms with Crippen LogP contribution in [0.25, 0.3) is 11.0 Å². The molecule has 0 bridgehead atoms. The predicted octanol–water partition coefficient (Wildman–Crippen LogP) is 0.401. The zero-order chi connectivity index (χ0) is 13.7. The Balaban J connectivity index is 2.41. The fraction of sp³-hybridized carbons (Fsp3) is 0.250. The van der Waals surface area contributed by atoms with Crippen molar-refractivity contribution in [1.82, 2.24) is 9.13 Å². The number of carboxylic acids is 1. The Bertz CT molecular complexity index is 771. The first-order valence-electron chi connectivity index (χ1n) is 5.77. The summed E-state index contributed by atoms with van der Waals surface area (Å²) >= 11 is 0. The Kier molecular flexibility index (Phi) is 2.25. The molecule has 3 rings (SSSR count). The van der Waals surface area contributed by atoms with Gasteiger partial charge in [-0.1, -0.05) is 6.07 Å². The number of rotatable bonds is 2. The number of aliphatic carboxylic acids is 1. The second kappa shape index (κ2) is 3.71. The number of hydrogen-bond acceptors (Lipinski definition) is 3. The van der Waals surface area contributed by atoms with Gasteiger partial charge in [-0.2, -0.15) is 0 Å². The lowest BCUT2D eigenvalue weighted by molar-refractivity contribution is -0.140. The van der Waals surface area contributed by atoms with E-state index in [0.29, 0.717) is 16.7 Å². The van der Waals surface area contributed by atoms with Gasteiger partial charge in [0.25, 0.3) is 0 Å². The van der Waals surface area contributed by atoms with Crippen molar-refractivity contribution in [2.75, 3.05) is 5.32 Å². The second-order valence-electron chi connectivity index (χ2n) is 4.47. The molecule has 1 aromatic carbocycles. The Morgan fingerprint density at radius 3 is 2.84 bits per heavy atom. The van der Waals surface area contributed by atoms with Gasteiger partial charge in [0.2, 0.25) is 5.91 Å². The van der Waals surface area contributed by atoms with Crippen LogP contribution in [0, 0.1) is 0 Å². The second-order valence-corrected chi connectivity index (χ2v) is 4.47. The largest absolute Gasteiger partial charge is 0.480 e. The van der Waals surface area contributed by atoms with Crippen molar-refractivity contribution in [3.05, 3.63) is 28.7 Å². The molecule has 19 heavy (non-hydrogen) atoms. The van der Waals surface area contributed by atoms with Crippen LogP contribution in [0.1, 0.15) is 13.0 Å². The Morgan fingerprint density at radius 1 is 1.42 bits per heavy atom. The molecule has 2 heterocycles. The average Bonchev–Trinajstić information content (AvgIpc) is 2.63. The third-order valence-corrected chi connectivity index (χ3v) is 3.30. The summed E-state index contributed by atoms with van der Waals surface area (Å²) < 4.78 is 2.50. The smallest absolute Gasteiger partial charge is 0.330 e. The van der Waals surface area contributed by atoms with Gasteiger partial charge >= 0.3 is 11.7 Å². The summed E-state index contributed by atoms with van der Waals surface area (Å²) in [6.45, 7) is 1.35. The molecular weight excluding hydrogens is 250 g/mol. The van der Waals surface area contributed by atoms with Gasteiger partial charge in [0, 0.05) is 0 Å². The van der Waals surface area contributed by atoms with Gasteiger partial charge in [-0.15, -0.1) is 0 Å². The SMILES string of the molecule is CC(C(=O)O)n1c(=O)n2c3c(cccc31)NC(=O)C2. The number of nitrogens with zero attached hydrogens (tertiary/aromatic N) is 2. The average molecular weight is 261 g/mol. The monoisotopic (exact) mass is 261 g/mol. The number of imidazole rings is 1. The summed E-state index contributed by atoms with van der Waals surface area (Å²) in [5.41, 5.74) is 1.13. The van der Waals surface area contributed by atoms with E-state index in [1.54, 1.807) is 18.2 Å². The standard InChI is InChI=1S/C12H11N3O4/c1-6(11(17)18)15-8-4-2-3-7-10(8)14(12(15)19)5-9(16)13-7/h2-4,6H,5H2,1H3,(H,13,16)(H,17,18). The number of benzene rings is 1. The van der Waals surface area contributed by atoms with E-state index < -0.39 is 17.7 Å². The summed E-state index contributed by atoms with van der Waals surface area (Å²) in [7, 11) is 0. The summed E-state index contributed by atoms with van der Waals surface area (Å²) in [5.74, 6) is -1.38. The van der Waals surface area contributed by atoms with Crippen molar-refractivity contribution >= 4 is 28.6 Å². The molecule has 0 radical (unpaired) electrons. The summed E-state index contributed by atoms with van der Waals surface area (Å²) in [6.07, 6.45) is 0. The van der Waals surface area contributed by atoms with Gasteiger partial charge in [-0.3, -0.25) is 13.9 Å². The minimum atomic E-state index is -1.09. The molecule has 1 aliphatic heterocycles. The lowest BCUT2D eigenvalue weighted by Crippen LogP contribution is -2.34. The van der Waals surface area contributed by atoms with Gasteiger partial charge < -0.3 is 10.4 Å². The van der Waals surface area contributed by atoms with E-state index in [1.165, 1.54) is 16.1 Å². The topological polar surface area (TPSA) is 93.3 Å². The van der Waals surface area contributed by atoms with Crippen LogP contribution >= 0.6 is 0 Å². The molecule has 0 fully saturated rings. The molecule has 1 amide bonds. The van der Waals surface area contributed by atoms with Crippen molar-refractivity contribution in [1.29, 1.82) is 0 Å². The van der Waals surface area contributed by atoms with Crippen LogP contribution in [-0.2, 0) is 16.1 Å². The molecule has 0 saturated heterocycles. The van der Waals surface area contributed by atoms with E-state index in [9.17, 15) is 14.4 Å². The van der Waals surface area contributed by atoms with Crippen molar-refractivity contribution in [2.24, 2.45) is 0 Å². The summed E-state index contributed by atoms with van der Waals surface area (Å²) in [4.78, 5) is 34.9. The minimum Gasteiger partial charge on any atom is -0.480 e. The van der Waals surface area contributed by atoms with Crippen LogP contribution in [0.4, 0.5) is 5.69 Å². The predicted molar refractivity (Wildman–Crippen MR) is 67.2 cm³/mol. The Hall–Kier alpha value is -2.57. The number of aromatic nitrogens is 2. The maximum atomic E-state index is 12.3. The normalized spacial score (nSPS) is 15.3. The van der Waals surface area contributed by atoms with Gasteiger partial charge in [-0.05, 0) is 19.1 Å². The van der Waals surface area contributed by atoms with Crippen LogP contribution < -0.4 is 11.0 Å². The maximum absolute atomic E-state index is 12.3. The fourth-order valence-electron chi connectivity index (χ4n) is 2.40. The highest BCUT2D eigenvalue weighted by Crippen LogP contribution is 2.27. The number of carbonyl (C=O) groups excluding carboxylic acids is 1. The first kappa shape index (κ1) is 11.5. The number of hydrogen-bond donors (Lipinski definition) is 2. The lowest BCUT2D eigenvalue weighted by Gasteiger charge is -2.14. The van der Waals surface area contributed by atoms with Gasteiger partial charge in [0.05, 0.1) is 16.7 Å². The molecular formula is C12H11N3O4. The molecule has 0 spiro atoms. The fourth-order valence-corrected chi connectivity index (χ4v) is 2.40. The van der Waals surface area contributed by atoms with Crippen LogP contribution in [0.15, 0.2) is 23.0 Å². The molecule has 7 nitrogen and oxygen atoms in total. The molecule has 2 aromatic rings. The number of carbonyl (C=O) groups is 2. The number of para-hydroxylation sites is 1. The molecule has 1 atom stereocenters. The summed E-state index contributed by atoms with van der Waals surface area (Å²) in [6, 6.07) is 4.05. The molecule has 7 heteroatoms. The quantitative estimate of drug-likeness (QED) is 0.818. The van der Waals surface area contributed by atoms with E-state index in [1.807, 2.05) is 0 Å². The Morgan fingerprint density at radius 2 is 2.16 bits per heavy atom. The minimum absolute atomic E-state index is 0.0916. The van der Waals surface area contributed by atoms with E-state index in [0.717, 1.165) is 0 Å². The van der Waals surface area contributed by atoms with Crippen LogP contribution in [0.3, 0.4) is 0 Å². The zero-order valence-corrected chi connectivity index (χ0v) is 10.1. The molecule has 1 unspecified atom stereocenters. The number of carboxylic acid groups (broad SMARTS) is 1. The highest BCUT2D eigenvalue weighted by atomic mass is 16.4. The van der Waals surface area contributed by atoms with E-state index in [-0.39, 0.29) is 12.5 Å². The van der Waals surface area contributed by atoms with Gasteiger partial charge in [0.15, 0.2) is 0 Å². The van der Waals surface area contributed by atoms with Crippen LogP contribution in [-0.4, -0.2) is 26.1 Å². The number of nitrogens with one attached hydrogen (secondary N) is 1. The van der Waals surface area contributed by atoms with Crippen molar-refractivity contribution < 1.29 is 14.7 Å². The van der Waals surface area contributed by atoms with Gasteiger partial charge in [0.1, 0.15) is 12.6 Å². The first-order chi connectivity index (χ1) is 9.00. The van der Waals surface area contributed by atoms with Crippen molar-refractivity contribution in [3.63, 3.8) is 0 Å². The number of amides is 1. The zero-order valence-electron chi connectivity index (χ0n) is 10.1. The Labute approximate surface area is 107 Å². The van der Waals surface area contributed by atoms with Crippen molar-refractivity contribution in [2.45, 2.75) is 19.5 Å². The van der Waals surface area contributed by atoms with Crippen molar-refractivity contribution in [3.8, 4) is 0 Å². The molecule has 2 N–H and O–H groups in total. The van der Waals surface area contributed by atoms with Crippen LogP contribution in [0.5, 0.6) is 0 Å².